The lowest BCUT2D eigenvalue weighted by Crippen LogP contribution is -2.33. The molecule has 1 aliphatic heterocycles. The molecule has 220 valence electrons. The van der Waals surface area contributed by atoms with E-state index in [-0.39, 0.29) is 64.2 Å². The number of nitrogen functional groups attached to an aromatic ring is 2. The van der Waals surface area contributed by atoms with Gasteiger partial charge in [0.25, 0.3) is 11.5 Å². The molecule has 0 bridgehead atoms. The number of halogens is 1. The van der Waals surface area contributed by atoms with Gasteiger partial charge in [0.2, 0.25) is 5.95 Å². The van der Waals surface area contributed by atoms with E-state index in [9.17, 15) is 19.6 Å². The average Bonchev–Trinajstić information content (AvgIpc) is 3.40. The fourth-order valence-electron chi connectivity index (χ4n) is 4.95. The summed E-state index contributed by atoms with van der Waals surface area (Å²) in [5.74, 6) is -0.524. The normalized spacial score (nSPS) is 16.1. The molecule has 4 aromatic rings. The fourth-order valence-corrected chi connectivity index (χ4v) is 5.20. The van der Waals surface area contributed by atoms with Crippen LogP contribution in [0.2, 0.25) is 5.02 Å². The minimum absolute atomic E-state index is 0.0311. The van der Waals surface area contributed by atoms with E-state index in [0.717, 1.165) is 0 Å². The standard InChI is InChI=1S/C27H25ClN10O5/c1-37-23(33-18-4-2-3-17(28)20(18)25(37)40)19-9-15(12-38(19)22-16(10-29)21(30)34-26(31)35-22)43-27(41)32-11-13-5-7-14(8-6-13)24(39)36-42/h2-8,15,19,42H,9,11-12H2,1H3,(H,32,41)(H,36,39)(H4,30,31,34,35)/t15-,19+/m1/s1. The SMILES string of the molecule is Cn1c([C@@H]2C[C@@H](OC(=O)NCc3ccc(C(=O)NO)cc3)CN2c2nc(N)nc(N)c2C#N)nc2cccc(Cl)c2c1=O. The zero-order valence-electron chi connectivity index (χ0n) is 22.6. The Morgan fingerprint density at radius 3 is 2.63 bits per heavy atom. The zero-order valence-corrected chi connectivity index (χ0v) is 23.4. The van der Waals surface area contributed by atoms with Crippen molar-refractivity contribution in [1.82, 2.24) is 30.3 Å². The van der Waals surface area contributed by atoms with Gasteiger partial charge in [-0.05, 0) is 29.8 Å². The molecule has 2 amide bonds. The van der Waals surface area contributed by atoms with Crippen LogP contribution in [0.25, 0.3) is 10.9 Å². The Hall–Kier alpha value is -5.46. The Bertz CT molecular complexity index is 1840. The van der Waals surface area contributed by atoms with E-state index in [1.807, 2.05) is 6.07 Å². The largest absolute Gasteiger partial charge is 0.444 e. The molecule has 5 rings (SSSR count). The molecule has 2 atom stereocenters. The highest BCUT2D eigenvalue weighted by Gasteiger charge is 2.40. The number of aromatic nitrogens is 4. The van der Waals surface area contributed by atoms with Gasteiger partial charge in [0.15, 0.2) is 5.82 Å². The van der Waals surface area contributed by atoms with Gasteiger partial charge in [0.1, 0.15) is 29.4 Å². The number of carbonyl (C=O) groups excluding carboxylic acids is 2. The lowest BCUT2D eigenvalue weighted by molar-refractivity contribution is 0.0706. The van der Waals surface area contributed by atoms with Gasteiger partial charge in [-0.1, -0.05) is 29.8 Å². The van der Waals surface area contributed by atoms with Crippen LogP contribution in [-0.4, -0.2) is 49.4 Å². The molecule has 1 aliphatic rings. The van der Waals surface area contributed by atoms with Gasteiger partial charge in [0, 0.05) is 25.6 Å². The number of rotatable bonds is 6. The number of anilines is 3. The van der Waals surface area contributed by atoms with Gasteiger partial charge in [-0.25, -0.2) is 15.3 Å². The van der Waals surface area contributed by atoms with E-state index < -0.39 is 24.1 Å². The highest BCUT2D eigenvalue weighted by molar-refractivity contribution is 6.35. The second kappa shape index (κ2) is 11.8. The van der Waals surface area contributed by atoms with Crippen molar-refractivity contribution >= 4 is 52.1 Å². The molecular weight excluding hydrogens is 580 g/mol. The smallest absolute Gasteiger partial charge is 0.407 e. The highest BCUT2D eigenvalue weighted by Crippen LogP contribution is 2.38. The van der Waals surface area contributed by atoms with Crippen molar-refractivity contribution in [2.45, 2.75) is 25.1 Å². The number of hydrogen-bond acceptors (Lipinski definition) is 12. The molecule has 1 fully saturated rings. The van der Waals surface area contributed by atoms with E-state index >= 15 is 0 Å². The van der Waals surface area contributed by atoms with Crippen LogP contribution in [-0.2, 0) is 18.3 Å². The molecule has 0 saturated carbocycles. The number of nitrogens with one attached hydrogen (secondary N) is 2. The van der Waals surface area contributed by atoms with Crippen LogP contribution in [0, 0.1) is 11.3 Å². The topological polar surface area (TPSA) is 227 Å². The summed E-state index contributed by atoms with van der Waals surface area (Å²) in [6, 6.07) is 12.5. The summed E-state index contributed by atoms with van der Waals surface area (Å²) in [4.78, 5) is 52.2. The number of nitriles is 1. The number of alkyl carbamates (subject to hydrolysis) is 1. The summed E-state index contributed by atoms with van der Waals surface area (Å²) in [6.45, 7) is 0.163. The maximum absolute atomic E-state index is 13.3. The number of carbonyl (C=O) groups is 2. The number of nitrogens with two attached hydrogens (primary N) is 2. The number of hydroxylamine groups is 1. The van der Waals surface area contributed by atoms with Gasteiger partial charge >= 0.3 is 6.09 Å². The third kappa shape index (κ3) is 5.69. The van der Waals surface area contributed by atoms with Crippen LogP contribution < -0.4 is 32.7 Å². The van der Waals surface area contributed by atoms with Crippen LogP contribution in [0.15, 0.2) is 47.3 Å². The predicted octanol–water partition coefficient (Wildman–Crippen LogP) is 1.78. The number of amides is 2. The predicted molar refractivity (Wildman–Crippen MR) is 155 cm³/mol. The van der Waals surface area contributed by atoms with Crippen molar-refractivity contribution in [3.05, 3.63) is 80.4 Å². The lowest BCUT2D eigenvalue weighted by Gasteiger charge is -2.27. The van der Waals surface area contributed by atoms with E-state index in [1.54, 1.807) is 47.8 Å². The number of ether oxygens (including phenoxy) is 1. The number of benzene rings is 2. The van der Waals surface area contributed by atoms with Crippen molar-refractivity contribution < 1.29 is 19.5 Å². The van der Waals surface area contributed by atoms with Gasteiger partial charge in [0.05, 0.1) is 28.5 Å². The Morgan fingerprint density at radius 1 is 1.19 bits per heavy atom. The monoisotopic (exact) mass is 604 g/mol. The quantitative estimate of drug-likeness (QED) is 0.157. The Labute approximate surface area is 248 Å². The summed E-state index contributed by atoms with van der Waals surface area (Å²) in [5, 5.41) is 21.8. The number of nitrogens with zero attached hydrogens (tertiary/aromatic N) is 6. The zero-order chi connectivity index (χ0) is 30.8. The molecule has 3 heterocycles. The second-order valence-electron chi connectivity index (χ2n) is 9.67. The Kier molecular flexibility index (Phi) is 7.97. The summed E-state index contributed by atoms with van der Waals surface area (Å²) >= 11 is 6.29. The maximum Gasteiger partial charge on any atom is 0.407 e. The number of fused-ring (bicyclic) bond motifs is 1. The van der Waals surface area contributed by atoms with E-state index in [1.165, 1.54) is 16.7 Å². The van der Waals surface area contributed by atoms with Gasteiger partial charge in [-0.15, -0.1) is 0 Å². The van der Waals surface area contributed by atoms with E-state index in [2.05, 4.69) is 15.3 Å². The van der Waals surface area contributed by atoms with E-state index in [4.69, 9.17) is 38.0 Å². The molecule has 1 saturated heterocycles. The maximum atomic E-state index is 13.3. The minimum atomic E-state index is -0.725. The van der Waals surface area contributed by atoms with Crippen LogP contribution in [0.4, 0.5) is 22.4 Å². The third-order valence-electron chi connectivity index (χ3n) is 7.00. The van der Waals surface area contributed by atoms with Crippen molar-refractivity contribution in [2.24, 2.45) is 7.05 Å². The summed E-state index contributed by atoms with van der Waals surface area (Å²) in [5.41, 5.74) is 14.3. The highest BCUT2D eigenvalue weighted by atomic mass is 35.5. The molecule has 16 heteroatoms. The molecule has 15 nitrogen and oxygen atoms in total. The molecule has 0 aliphatic carbocycles. The third-order valence-corrected chi connectivity index (χ3v) is 7.31. The van der Waals surface area contributed by atoms with Gasteiger partial charge in [-0.2, -0.15) is 15.2 Å². The van der Waals surface area contributed by atoms with Crippen molar-refractivity contribution in [2.75, 3.05) is 22.9 Å². The van der Waals surface area contributed by atoms with Crippen molar-refractivity contribution in [3.8, 4) is 6.07 Å². The van der Waals surface area contributed by atoms with Crippen LogP contribution in [0.1, 0.15) is 39.8 Å². The lowest BCUT2D eigenvalue weighted by atomic mass is 10.1. The summed E-state index contributed by atoms with van der Waals surface area (Å²) in [7, 11) is 1.55. The van der Waals surface area contributed by atoms with Crippen LogP contribution >= 0.6 is 11.6 Å². The molecular formula is C27H25ClN10O5. The molecule has 0 unspecified atom stereocenters. The second-order valence-corrected chi connectivity index (χ2v) is 10.1. The average molecular weight is 605 g/mol. The van der Waals surface area contributed by atoms with Crippen LogP contribution in [0.5, 0.6) is 0 Å². The van der Waals surface area contributed by atoms with Gasteiger partial charge < -0.3 is 26.4 Å². The molecule has 2 aromatic heterocycles. The molecule has 0 spiro atoms. The van der Waals surface area contributed by atoms with E-state index in [0.29, 0.717) is 16.9 Å². The molecule has 2 aromatic carbocycles. The minimum Gasteiger partial charge on any atom is -0.444 e. The first-order valence-corrected chi connectivity index (χ1v) is 13.2. The summed E-state index contributed by atoms with van der Waals surface area (Å²) < 4.78 is 7.07. The first kappa shape index (κ1) is 29.0. The number of hydrogen-bond donors (Lipinski definition) is 5. The Morgan fingerprint density at radius 2 is 1.93 bits per heavy atom. The molecule has 43 heavy (non-hydrogen) atoms. The summed E-state index contributed by atoms with van der Waals surface area (Å²) in [6.07, 6.45) is -1.27. The first-order valence-electron chi connectivity index (χ1n) is 12.8. The van der Waals surface area contributed by atoms with Gasteiger partial charge in [-0.3, -0.25) is 19.4 Å². The Balaban J connectivity index is 1.44. The molecule has 7 N–H and O–H groups in total. The fraction of sp³-hybridized carbons (Fsp3) is 0.222. The van der Waals surface area contributed by atoms with Crippen molar-refractivity contribution in [3.63, 3.8) is 0 Å². The first-order chi connectivity index (χ1) is 20.6. The van der Waals surface area contributed by atoms with Crippen LogP contribution in [0.3, 0.4) is 0 Å². The van der Waals surface area contributed by atoms with Crippen molar-refractivity contribution in [1.29, 1.82) is 5.26 Å². The molecule has 0 radical (unpaired) electrons.